The number of nitrogens with one attached hydrogen (secondary N) is 1. The van der Waals surface area contributed by atoms with Crippen molar-refractivity contribution in [3.63, 3.8) is 0 Å². The van der Waals surface area contributed by atoms with Crippen molar-refractivity contribution >= 4 is 28.3 Å². The van der Waals surface area contributed by atoms with Gasteiger partial charge in [0, 0.05) is 29.4 Å². The van der Waals surface area contributed by atoms with Crippen molar-refractivity contribution < 1.29 is 0 Å². The first-order valence-corrected chi connectivity index (χ1v) is 6.68. The summed E-state index contributed by atoms with van der Waals surface area (Å²) in [6.45, 7) is 2.97. The van der Waals surface area contributed by atoms with Crippen molar-refractivity contribution in [1.29, 1.82) is 0 Å². The molecule has 1 aliphatic rings. The average Bonchev–Trinajstić information content (AvgIpc) is 2.94. The minimum atomic E-state index is 0.267. The van der Waals surface area contributed by atoms with Crippen LogP contribution in [0, 0.1) is 0 Å². The van der Waals surface area contributed by atoms with Crippen LogP contribution in [0.2, 0.25) is 0 Å². The molecule has 5 heteroatoms. The first-order valence-electron chi connectivity index (χ1n) is 5.47. The van der Waals surface area contributed by atoms with Gasteiger partial charge in [-0.3, -0.25) is 0 Å². The maximum absolute atomic E-state index is 5.86. The minimum Gasteiger partial charge on any atom is -0.360 e. The van der Waals surface area contributed by atoms with Gasteiger partial charge >= 0.3 is 0 Å². The standard InChI is InChI=1S/C10H16ClN3S/c1-7(11)3-2-6-12-10-13-9(14-15-10)8-4-5-8/h7-8H,2-6H2,1H3,(H,12,13,14). The summed E-state index contributed by atoms with van der Waals surface area (Å²) in [4.78, 5) is 4.45. The second kappa shape index (κ2) is 5.12. The second-order valence-corrected chi connectivity index (χ2v) is 5.58. The van der Waals surface area contributed by atoms with E-state index in [1.807, 2.05) is 6.92 Å². The van der Waals surface area contributed by atoms with Crippen LogP contribution in [0.25, 0.3) is 0 Å². The maximum Gasteiger partial charge on any atom is 0.202 e. The molecule has 1 unspecified atom stereocenters. The van der Waals surface area contributed by atoms with Gasteiger partial charge in [-0.15, -0.1) is 11.6 Å². The van der Waals surface area contributed by atoms with Gasteiger partial charge in [0.05, 0.1) is 0 Å². The first kappa shape index (κ1) is 11.1. The summed E-state index contributed by atoms with van der Waals surface area (Å²) in [6.07, 6.45) is 4.66. The molecule has 1 aromatic heterocycles. The second-order valence-electron chi connectivity index (χ2n) is 4.08. The Hall–Kier alpha value is -0.350. The lowest BCUT2D eigenvalue weighted by Gasteiger charge is -2.02. The van der Waals surface area contributed by atoms with Gasteiger partial charge in [-0.1, -0.05) is 0 Å². The lowest BCUT2D eigenvalue weighted by molar-refractivity contribution is 0.750. The molecule has 15 heavy (non-hydrogen) atoms. The van der Waals surface area contributed by atoms with Gasteiger partial charge in [0.1, 0.15) is 5.82 Å². The van der Waals surface area contributed by atoms with E-state index in [1.54, 1.807) is 0 Å². The van der Waals surface area contributed by atoms with E-state index in [9.17, 15) is 0 Å². The van der Waals surface area contributed by atoms with Crippen molar-refractivity contribution in [2.24, 2.45) is 0 Å². The summed E-state index contributed by atoms with van der Waals surface area (Å²) in [5.74, 6) is 1.69. The van der Waals surface area contributed by atoms with Crippen LogP contribution in [-0.4, -0.2) is 21.3 Å². The Morgan fingerprint density at radius 2 is 2.40 bits per heavy atom. The Kier molecular flexibility index (Phi) is 3.81. The van der Waals surface area contributed by atoms with Crippen molar-refractivity contribution in [3.8, 4) is 0 Å². The molecule has 3 nitrogen and oxygen atoms in total. The van der Waals surface area contributed by atoms with Crippen molar-refractivity contribution in [2.75, 3.05) is 11.9 Å². The molecule has 0 amide bonds. The van der Waals surface area contributed by atoms with Crippen LogP contribution >= 0.6 is 23.1 Å². The van der Waals surface area contributed by atoms with Gasteiger partial charge in [0.15, 0.2) is 0 Å². The van der Waals surface area contributed by atoms with Gasteiger partial charge < -0.3 is 5.32 Å². The molecule has 0 saturated heterocycles. The van der Waals surface area contributed by atoms with Crippen LogP contribution in [0.1, 0.15) is 44.3 Å². The molecule has 1 aliphatic carbocycles. The third kappa shape index (κ3) is 3.61. The molecule has 1 heterocycles. The molecule has 1 atom stereocenters. The third-order valence-electron chi connectivity index (χ3n) is 2.44. The SMILES string of the molecule is CC(Cl)CCCNc1nc(C2CC2)ns1. The molecular weight excluding hydrogens is 230 g/mol. The van der Waals surface area contributed by atoms with Gasteiger partial charge in [-0.05, 0) is 32.6 Å². The normalized spacial score (nSPS) is 17.7. The van der Waals surface area contributed by atoms with E-state index in [0.29, 0.717) is 5.92 Å². The largest absolute Gasteiger partial charge is 0.360 e. The number of nitrogens with zero attached hydrogens (tertiary/aromatic N) is 2. The van der Waals surface area contributed by atoms with Crippen LogP contribution in [0.5, 0.6) is 0 Å². The number of aromatic nitrogens is 2. The van der Waals surface area contributed by atoms with Gasteiger partial charge in [-0.2, -0.15) is 4.37 Å². The smallest absolute Gasteiger partial charge is 0.202 e. The van der Waals surface area contributed by atoms with Crippen molar-refractivity contribution in [2.45, 2.75) is 43.9 Å². The molecule has 0 aromatic carbocycles. The lowest BCUT2D eigenvalue weighted by Crippen LogP contribution is -2.03. The summed E-state index contributed by atoms with van der Waals surface area (Å²) in [7, 11) is 0. The van der Waals surface area contributed by atoms with E-state index < -0.39 is 0 Å². The Morgan fingerprint density at radius 3 is 3.07 bits per heavy atom. The topological polar surface area (TPSA) is 37.8 Å². The zero-order valence-corrected chi connectivity index (χ0v) is 10.4. The molecule has 2 rings (SSSR count). The fourth-order valence-electron chi connectivity index (χ4n) is 1.39. The highest BCUT2D eigenvalue weighted by Crippen LogP contribution is 2.39. The zero-order chi connectivity index (χ0) is 10.7. The van der Waals surface area contributed by atoms with Crippen molar-refractivity contribution in [1.82, 2.24) is 9.36 Å². The summed E-state index contributed by atoms with van der Waals surface area (Å²) in [5.41, 5.74) is 0. The highest BCUT2D eigenvalue weighted by atomic mass is 35.5. The number of halogens is 1. The number of anilines is 1. The number of hydrogen-bond donors (Lipinski definition) is 1. The zero-order valence-electron chi connectivity index (χ0n) is 8.87. The summed E-state index contributed by atoms with van der Waals surface area (Å²) < 4.78 is 4.33. The Balaban J connectivity index is 1.69. The highest BCUT2D eigenvalue weighted by molar-refractivity contribution is 7.09. The van der Waals surface area contributed by atoms with Crippen LogP contribution in [0.4, 0.5) is 5.13 Å². The van der Waals surface area contributed by atoms with E-state index in [4.69, 9.17) is 11.6 Å². The number of hydrogen-bond acceptors (Lipinski definition) is 4. The molecule has 0 spiro atoms. The molecule has 1 fully saturated rings. The minimum absolute atomic E-state index is 0.267. The molecule has 84 valence electrons. The predicted octanol–water partition coefficient (Wildman–Crippen LogP) is 3.23. The number of rotatable bonds is 6. The van der Waals surface area contributed by atoms with Crippen LogP contribution < -0.4 is 5.32 Å². The van der Waals surface area contributed by atoms with Gasteiger partial charge in [0.2, 0.25) is 5.13 Å². The summed E-state index contributed by atoms with van der Waals surface area (Å²) in [5, 5.41) is 4.51. The highest BCUT2D eigenvalue weighted by Gasteiger charge is 2.27. The average molecular weight is 246 g/mol. The fourth-order valence-corrected chi connectivity index (χ4v) is 2.22. The van der Waals surface area contributed by atoms with Crippen LogP contribution in [0.3, 0.4) is 0 Å². The van der Waals surface area contributed by atoms with Crippen LogP contribution in [-0.2, 0) is 0 Å². The van der Waals surface area contributed by atoms with Crippen LogP contribution in [0.15, 0.2) is 0 Å². The van der Waals surface area contributed by atoms with Gasteiger partial charge in [-0.25, -0.2) is 4.98 Å². The van der Waals surface area contributed by atoms with E-state index in [2.05, 4.69) is 14.7 Å². The Labute approximate surface area is 99.4 Å². The Morgan fingerprint density at radius 1 is 1.60 bits per heavy atom. The Bertz CT molecular complexity index is 309. The maximum atomic E-state index is 5.86. The van der Waals surface area contributed by atoms with E-state index in [-0.39, 0.29) is 5.38 Å². The predicted molar refractivity (Wildman–Crippen MR) is 64.9 cm³/mol. The molecule has 0 aliphatic heterocycles. The molecule has 1 saturated carbocycles. The lowest BCUT2D eigenvalue weighted by atomic mass is 10.2. The van der Waals surface area contributed by atoms with Gasteiger partial charge in [0.25, 0.3) is 0 Å². The molecule has 1 aromatic rings. The molecule has 0 radical (unpaired) electrons. The monoisotopic (exact) mass is 245 g/mol. The van der Waals surface area contributed by atoms with E-state index >= 15 is 0 Å². The van der Waals surface area contributed by atoms with Crippen molar-refractivity contribution in [3.05, 3.63) is 5.82 Å². The fraction of sp³-hybridized carbons (Fsp3) is 0.800. The first-order chi connectivity index (χ1) is 7.25. The molecule has 1 N–H and O–H groups in total. The molecule has 0 bridgehead atoms. The number of alkyl halides is 1. The third-order valence-corrected chi connectivity index (χ3v) is 3.34. The van der Waals surface area contributed by atoms with E-state index in [1.165, 1.54) is 24.4 Å². The van der Waals surface area contributed by atoms with E-state index in [0.717, 1.165) is 30.3 Å². The summed E-state index contributed by atoms with van der Waals surface area (Å²) in [6, 6.07) is 0. The quantitative estimate of drug-likeness (QED) is 0.618. The molecular formula is C10H16ClN3S. The summed E-state index contributed by atoms with van der Waals surface area (Å²) >= 11 is 7.33.